The molecule has 5 atom stereocenters. The largest absolute Gasteiger partial charge is 0.504 e. The first-order valence-corrected chi connectivity index (χ1v) is 14.8. The predicted molar refractivity (Wildman–Crippen MR) is 148 cm³/mol. The van der Waals surface area contributed by atoms with Crippen molar-refractivity contribution in [2.75, 3.05) is 13.1 Å². The van der Waals surface area contributed by atoms with Crippen molar-refractivity contribution < 1.29 is 19.7 Å². The number of hydrogen-bond donors (Lipinski definition) is 4. The van der Waals surface area contributed by atoms with E-state index in [9.17, 15) is 15.0 Å². The summed E-state index contributed by atoms with van der Waals surface area (Å²) in [5, 5.41) is 27.9. The molecule has 1 amide bonds. The molecule has 3 aromatic rings. The number of ether oxygens (including phenoxy) is 1. The van der Waals surface area contributed by atoms with Crippen molar-refractivity contribution in [1.82, 2.24) is 15.2 Å². The van der Waals surface area contributed by atoms with E-state index in [4.69, 9.17) is 4.74 Å². The smallest absolute Gasteiger partial charge is 0.220 e. The third-order valence-electron chi connectivity index (χ3n) is 10.6. The van der Waals surface area contributed by atoms with Crippen LogP contribution in [0.5, 0.6) is 11.5 Å². The maximum atomic E-state index is 13.2. The number of rotatable bonds is 7. The Balaban J connectivity index is 1.04. The van der Waals surface area contributed by atoms with Gasteiger partial charge in [-0.15, -0.1) is 0 Å². The van der Waals surface area contributed by atoms with Crippen LogP contribution in [0.1, 0.15) is 61.6 Å². The van der Waals surface area contributed by atoms with E-state index in [1.165, 1.54) is 29.4 Å². The summed E-state index contributed by atoms with van der Waals surface area (Å²) in [6.45, 7) is 1.98. The van der Waals surface area contributed by atoms with Gasteiger partial charge in [0.25, 0.3) is 0 Å². The van der Waals surface area contributed by atoms with Crippen LogP contribution in [-0.4, -0.2) is 62.9 Å². The zero-order valence-corrected chi connectivity index (χ0v) is 22.3. The van der Waals surface area contributed by atoms with E-state index < -0.39 is 11.0 Å². The molecule has 1 saturated heterocycles. The quantitative estimate of drug-likeness (QED) is 0.373. The Bertz CT molecular complexity index is 1460. The van der Waals surface area contributed by atoms with Gasteiger partial charge < -0.3 is 25.3 Å². The van der Waals surface area contributed by atoms with Crippen LogP contribution in [0.3, 0.4) is 0 Å². The highest BCUT2D eigenvalue weighted by Gasteiger charge is 2.73. The highest BCUT2D eigenvalue weighted by atomic mass is 16.5. The second-order valence-electron chi connectivity index (χ2n) is 12.7. The summed E-state index contributed by atoms with van der Waals surface area (Å²) in [6.07, 6.45) is 9.19. The summed E-state index contributed by atoms with van der Waals surface area (Å²) in [7, 11) is 0. The number of fused-ring (bicyclic) bond motifs is 1. The van der Waals surface area contributed by atoms with Crippen molar-refractivity contribution >= 4 is 16.8 Å². The number of phenols is 1. The second-order valence-corrected chi connectivity index (χ2v) is 12.7. The molecule has 3 aliphatic carbocycles. The van der Waals surface area contributed by atoms with Crippen LogP contribution in [0, 0.1) is 5.92 Å². The number of aromatic nitrogens is 1. The summed E-state index contributed by atoms with van der Waals surface area (Å²) < 4.78 is 6.58. The number of hydrogen-bond acceptors (Lipinski definition) is 5. The van der Waals surface area contributed by atoms with Gasteiger partial charge in [0.05, 0.1) is 17.1 Å². The predicted octanol–water partition coefficient (Wildman–Crippen LogP) is 3.95. The number of aliphatic hydroxyl groups is 1. The number of carbonyl (C=O) groups is 1. The summed E-state index contributed by atoms with van der Waals surface area (Å²) in [5.74, 6) is 1.46. The highest BCUT2D eigenvalue weighted by Crippen LogP contribution is 2.65. The molecule has 3 fully saturated rings. The molecular formula is C32H37N3O4. The molecule has 204 valence electrons. The molecule has 1 spiro atoms. The number of aromatic amines is 1. The van der Waals surface area contributed by atoms with Crippen LogP contribution in [0.2, 0.25) is 0 Å². The molecule has 0 radical (unpaired) electrons. The molecular weight excluding hydrogens is 490 g/mol. The SMILES string of the molecule is O=C(CCCc1c[nH]c2ccccc12)N[C@@H]1CC[C@@]2(O)[C@H]3Cc4ccc(O)c5c4[C@@]2(CCN3CC2CC2)[C@H]1O5. The van der Waals surface area contributed by atoms with Gasteiger partial charge in [0, 0.05) is 41.7 Å². The minimum absolute atomic E-state index is 0.0317. The molecule has 0 unspecified atom stereocenters. The summed E-state index contributed by atoms with van der Waals surface area (Å²) in [5.41, 5.74) is 3.04. The Hall–Kier alpha value is -3.03. The standard InChI is InChI=1S/C32H37N3O4/c36-25-11-10-20-16-26-32(38)13-12-24(34-27(37)7-3-4-21-17-33-23-6-2-1-5-22(21)23)30-31(32,28(20)29(25)39-30)14-15-35(26)18-19-8-9-19/h1-2,5-6,10-11,17,19,24,26,30,33,36,38H,3-4,7-9,12-16,18H2,(H,34,37)/t24-,26-,30+,31+,32-/m1/s1. The van der Waals surface area contributed by atoms with Crippen molar-refractivity contribution in [3.8, 4) is 11.5 Å². The van der Waals surface area contributed by atoms with Gasteiger partial charge in [0.15, 0.2) is 11.5 Å². The second kappa shape index (κ2) is 8.48. The number of para-hydroxylation sites is 1. The van der Waals surface area contributed by atoms with Crippen molar-refractivity contribution in [3.63, 3.8) is 0 Å². The van der Waals surface area contributed by atoms with Crippen molar-refractivity contribution in [1.29, 1.82) is 0 Å². The van der Waals surface area contributed by atoms with Gasteiger partial charge in [-0.2, -0.15) is 0 Å². The molecule has 5 aliphatic rings. The Morgan fingerprint density at radius 2 is 2.03 bits per heavy atom. The minimum Gasteiger partial charge on any atom is -0.504 e. The molecule has 2 bridgehead atoms. The van der Waals surface area contributed by atoms with Gasteiger partial charge in [-0.1, -0.05) is 24.3 Å². The fourth-order valence-corrected chi connectivity index (χ4v) is 8.69. The van der Waals surface area contributed by atoms with Gasteiger partial charge >= 0.3 is 0 Å². The number of amides is 1. The topological polar surface area (TPSA) is 97.8 Å². The fraction of sp³-hybridized carbons (Fsp3) is 0.531. The van der Waals surface area contributed by atoms with Crippen molar-refractivity contribution in [3.05, 3.63) is 59.3 Å². The van der Waals surface area contributed by atoms with E-state index >= 15 is 0 Å². The fourth-order valence-electron chi connectivity index (χ4n) is 8.69. The zero-order chi connectivity index (χ0) is 26.4. The molecule has 2 aliphatic heterocycles. The van der Waals surface area contributed by atoms with E-state index in [2.05, 4.69) is 27.3 Å². The van der Waals surface area contributed by atoms with E-state index in [0.29, 0.717) is 25.0 Å². The van der Waals surface area contributed by atoms with Gasteiger partial charge in [-0.05, 0) is 87.1 Å². The van der Waals surface area contributed by atoms with Crippen LogP contribution in [0.15, 0.2) is 42.6 Å². The van der Waals surface area contributed by atoms with E-state index in [-0.39, 0.29) is 29.8 Å². The molecule has 8 rings (SSSR count). The average Bonchev–Trinajstić information content (AvgIpc) is 3.54. The zero-order valence-electron chi connectivity index (χ0n) is 22.3. The van der Waals surface area contributed by atoms with Crippen LogP contribution in [-0.2, 0) is 23.1 Å². The lowest BCUT2D eigenvalue weighted by molar-refractivity contribution is -0.192. The summed E-state index contributed by atoms with van der Waals surface area (Å²) >= 11 is 0. The van der Waals surface area contributed by atoms with Gasteiger partial charge in [0.2, 0.25) is 5.91 Å². The molecule has 2 saturated carbocycles. The first kappa shape index (κ1) is 23.8. The number of piperidine rings is 1. The van der Waals surface area contributed by atoms with Gasteiger partial charge in [-0.3, -0.25) is 9.69 Å². The van der Waals surface area contributed by atoms with Gasteiger partial charge in [0.1, 0.15) is 6.10 Å². The van der Waals surface area contributed by atoms with E-state index in [0.717, 1.165) is 55.8 Å². The van der Waals surface area contributed by atoms with Crippen molar-refractivity contribution in [2.45, 2.75) is 87.0 Å². The minimum atomic E-state index is -0.923. The molecule has 7 nitrogen and oxygen atoms in total. The number of carbonyl (C=O) groups excluding carboxylic acids is 1. The Kier molecular flexibility index (Phi) is 5.18. The lowest BCUT2D eigenvalue weighted by Crippen LogP contribution is -2.78. The summed E-state index contributed by atoms with van der Waals surface area (Å²) in [6, 6.07) is 11.9. The summed E-state index contributed by atoms with van der Waals surface area (Å²) in [4.78, 5) is 19.1. The number of H-pyrrole nitrogens is 1. The lowest BCUT2D eigenvalue weighted by Gasteiger charge is -2.64. The maximum Gasteiger partial charge on any atom is 0.220 e. The Morgan fingerprint density at radius 3 is 2.90 bits per heavy atom. The molecule has 7 heteroatoms. The Morgan fingerprint density at radius 1 is 1.15 bits per heavy atom. The molecule has 3 heterocycles. The van der Waals surface area contributed by atoms with E-state index in [1.54, 1.807) is 6.07 Å². The maximum absolute atomic E-state index is 13.2. The Labute approximate surface area is 228 Å². The van der Waals surface area contributed by atoms with Crippen molar-refractivity contribution in [2.24, 2.45) is 5.92 Å². The normalized spacial score (nSPS) is 32.6. The van der Waals surface area contributed by atoms with Crippen LogP contribution in [0.25, 0.3) is 10.9 Å². The van der Waals surface area contributed by atoms with Crippen LogP contribution < -0.4 is 10.1 Å². The monoisotopic (exact) mass is 527 g/mol. The molecule has 4 N–H and O–H groups in total. The molecule has 39 heavy (non-hydrogen) atoms. The third-order valence-corrected chi connectivity index (χ3v) is 10.6. The van der Waals surface area contributed by atoms with Crippen LogP contribution in [0.4, 0.5) is 0 Å². The first-order valence-electron chi connectivity index (χ1n) is 14.8. The number of phenolic OH excluding ortho intramolecular Hbond substituents is 1. The highest BCUT2D eigenvalue weighted by molar-refractivity contribution is 5.83. The molecule has 1 aromatic heterocycles. The van der Waals surface area contributed by atoms with E-state index in [1.807, 2.05) is 24.4 Å². The van der Waals surface area contributed by atoms with Crippen LogP contribution >= 0.6 is 0 Å². The average molecular weight is 528 g/mol. The number of likely N-dealkylation sites (tertiary alicyclic amines) is 1. The number of benzene rings is 2. The number of nitrogens with one attached hydrogen (secondary N) is 2. The first-order chi connectivity index (χ1) is 19.0. The number of aryl methyl sites for hydroxylation is 1. The number of nitrogens with zero attached hydrogens (tertiary/aromatic N) is 1. The van der Waals surface area contributed by atoms with Gasteiger partial charge in [-0.25, -0.2) is 0 Å². The lowest BCUT2D eigenvalue weighted by atomic mass is 9.48. The molecule has 2 aromatic carbocycles. The number of aromatic hydroxyl groups is 1. The third kappa shape index (κ3) is 3.39.